The number of aryl methyl sites for hydroxylation is 1. The summed E-state index contributed by atoms with van der Waals surface area (Å²) in [5, 5.41) is 0.320. The fourth-order valence-electron chi connectivity index (χ4n) is 3.58. The lowest BCUT2D eigenvalue weighted by Gasteiger charge is -2.17. The number of hydrogen-bond acceptors (Lipinski definition) is 6. The smallest absolute Gasteiger partial charge is 0.389 e. The van der Waals surface area contributed by atoms with Crippen molar-refractivity contribution in [3.8, 4) is 11.4 Å². The average Bonchev–Trinajstić information content (AvgIpc) is 2.82. The molecule has 0 unspecified atom stereocenters. The molecule has 0 radical (unpaired) electrons. The third-order valence-electron chi connectivity index (χ3n) is 5.24. The summed E-state index contributed by atoms with van der Waals surface area (Å²) >= 11 is 0. The topological polar surface area (TPSA) is 103 Å². The van der Waals surface area contributed by atoms with E-state index in [1.807, 2.05) is 0 Å². The summed E-state index contributed by atoms with van der Waals surface area (Å²) in [6.07, 6.45) is -2.36. The van der Waals surface area contributed by atoms with Gasteiger partial charge in [0.2, 0.25) is 0 Å². The van der Waals surface area contributed by atoms with Gasteiger partial charge < -0.3 is 4.74 Å². The number of methoxy groups -OCH3 is 1. The number of fused-ring (bicyclic) bond motifs is 1. The number of rotatable bonds is 7. The number of nitrogens with one attached hydrogen (secondary N) is 1. The summed E-state index contributed by atoms with van der Waals surface area (Å²) in [4.78, 5) is 20.3. The Morgan fingerprint density at radius 1 is 1.08 bits per heavy atom. The minimum atomic E-state index is -4.47. The molecule has 2 heterocycles. The molecule has 0 spiro atoms. The molecule has 2 aromatic heterocycles. The van der Waals surface area contributed by atoms with Crippen LogP contribution in [-0.2, 0) is 16.4 Å². The molecule has 188 valence electrons. The number of hydrogen-bond donors (Lipinski definition) is 1. The van der Waals surface area contributed by atoms with Crippen LogP contribution in [0.25, 0.3) is 16.6 Å². The molecule has 0 saturated heterocycles. The molecule has 1 N–H and O–H groups in total. The van der Waals surface area contributed by atoms with Gasteiger partial charge in [0.1, 0.15) is 11.6 Å². The summed E-state index contributed by atoms with van der Waals surface area (Å²) in [6.45, 7) is 0. The number of aromatic nitrogens is 3. The lowest BCUT2D eigenvalue weighted by Crippen LogP contribution is -2.19. The zero-order chi connectivity index (χ0) is 26.1. The first kappa shape index (κ1) is 25.1. The maximum Gasteiger partial charge on any atom is 0.389 e. The van der Waals surface area contributed by atoms with Gasteiger partial charge in [-0.05, 0) is 42.3 Å². The van der Waals surface area contributed by atoms with Crippen molar-refractivity contribution in [2.45, 2.75) is 23.9 Å². The van der Waals surface area contributed by atoms with Crippen LogP contribution in [-0.4, -0.2) is 36.2 Å². The van der Waals surface area contributed by atoms with E-state index in [-0.39, 0.29) is 33.2 Å². The minimum absolute atomic E-state index is 0.00777. The molecule has 0 amide bonds. The van der Waals surface area contributed by atoms with Gasteiger partial charge in [-0.2, -0.15) is 13.2 Å². The molecule has 8 nitrogen and oxygen atoms in total. The normalized spacial score (nSPS) is 12.0. The highest BCUT2D eigenvalue weighted by Gasteiger charge is 2.28. The lowest BCUT2D eigenvalue weighted by molar-refractivity contribution is -0.134. The van der Waals surface area contributed by atoms with Gasteiger partial charge >= 0.3 is 6.18 Å². The van der Waals surface area contributed by atoms with Crippen molar-refractivity contribution in [2.75, 3.05) is 11.8 Å². The summed E-state index contributed by atoms with van der Waals surface area (Å²) < 4.78 is 86.8. The minimum Gasteiger partial charge on any atom is -0.495 e. The number of alkyl halides is 3. The Kier molecular flexibility index (Phi) is 6.67. The maximum absolute atomic E-state index is 14.7. The van der Waals surface area contributed by atoms with E-state index in [1.165, 1.54) is 50.0 Å². The first-order chi connectivity index (χ1) is 17.0. The monoisotopic (exact) mass is 522 g/mol. The molecule has 4 aromatic rings. The second-order valence-corrected chi connectivity index (χ2v) is 9.34. The van der Waals surface area contributed by atoms with Crippen LogP contribution >= 0.6 is 0 Å². The van der Waals surface area contributed by atoms with E-state index in [9.17, 15) is 30.8 Å². The van der Waals surface area contributed by atoms with E-state index >= 15 is 0 Å². The quantitative estimate of drug-likeness (QED) is 0.365. The number of anilines is 1. The van der Waals surface area contributed by atoms with Gasteiger partial charge in [0, 0.05) is 36.3 Å². The predicted octanol–water partition coefficient (Wildman–Crippen LogP) is 4.22. The second kappa shape index (κ2) is 9.57. The number of ether oxygens (including phenoxy) is 1. The molecule has 0 aliphatic rings. The third kappa shape index (κ3) is 5.30. The van der Waals surface area contributed by atoms with Crippen molar-refractivity contribution in [3.63, 3.8) is 0 Å². The average molecular weight is 522 g/mol. The summed E-state index contributed by atoms with van der Waals surface area (Å²) in [5.74, 6) is -0.955. The number of sulfonamides is 1. The zero-order valence-electron chi connectivity index (χ0n) is 18.6. The molecule has 0 aliphatic carbocycles. The predicted molar refractivity (Wildman–Crippen MR) is 123 cm³/mol. The Hall–Kier alpha value is -4.00. The number of benzene rings is 2. The zero-order valence-corrected chi connectivity index (χ0v) is 19.4. The van der Waals surface area contributed by atoms with Crippen LogP contribution in [0.5, 0.6) is 5.75 Å². The van der Waals surface area contributed by atoms with Crippen LogP contribution in [0, 0.1) is 5.82 Å². The van der Waals surface area contributed by atoms with Crippen LogP contribution in [0.15, 0.2) is 70.7 Å². The Balaban J connectivity index is 1.79. The second-order valence-electron chi connectivity index (χ2n) is 7.65. The van der Waals surface area contributed by atoms with E-state index in [0.717, 1.165) is 22.8 Å². The third-order valence-corrected chi connectivity index (χ3v) is 6.60. The summed E-state index contributed by atoms with van der Waals surface area (Å²) in [5.41, 5.74) is -0.627. The van der Waals surface area contributed by atoms with Gasteiger partial charge in [0.05, 0.1) is 29.4 Å². The van der Waals surface area contributed by atoms with E-state index < -0.39 is 40.4 Å². The molecule has 36 heavy (non-hydrogen) atoms. The summed E-state index contributed by atoms with van der Waals surface area (Å²) in [7, 11) is -2.81. The fourth-order valence-corrected chi connectivity index (χ4v) is 4.61. The van der Waals surface area contributed by atoms with Gasteiger partial charge in [-0.1, -0.05) is 0 Å². The highest BCUT2D eigenvalue weighted by Crippen LogP contribution is 2.31. The first-order valence-corrected chi connectivity index (χ1v) is 11.8. The number of halogens is 4. The van der Waals surface area contributed by atoms with Crippen molar-refractivity contribution in [2.24, 2.45) is 0 Å². The van der Waals surface area contributed by atoms with Crippen LogP contribution in [0.2, 0.25) is 0 Å². The molecule has 0 aliphatic heterocycles. The molecule has 2 aromatic carbocycles. The van der Waals surface area contributed by atoms with Crippen molar-refractivity contribution in [1.82, 2.24) is 14.5 Å². The van der Waals surface area contributed by atoms with E-state index in [2.05, 4.69) is 14.7 Å². The van der Waals surface area contributed by atoms with Gasteiger partial charge in [0.15, 0.2) is 5.82 Å². The molecular weight excluding hydrogens is 504 g/mol. The SMILES string of the molecule is COc1cc(CCC(F)(F)F)c(F)cc1-n1c(=O)ccc2cc(S(=O)(=O)Nc3cnccn3)ccc21. The van der Waals surface area contributed by atoms with Crippen molar-refractivity contribution in [3.05, 3.63) is 82.8 Å². The van der Waals surface area contributed by atoms with Crippen LogP contribution in [0.1, 0.15) is 12.0 Å². The highest BCUT2D eigenvalue weighted by molar-refractivity contribution is 7.92. The van der Waals surface area contributed by atoms with Crippen LogP contribution < -0.4 is 15.0 Å². The van der Waals surface area contributed by atoms with Crippen LogP contribution in [0.4, 0.5) is 23.4 Å². The molecule has 13 heteroatoms. The molecule has 4 rings (SSSR count). The number of nitrogens with zero attached hydrogens (tertiary/aromatic N) is 3. The molecule has 0 atom stereocenters. The molecule has 0 bridgehead atoms. The largest absolute Gasteiger partial charge is 0.495 e. The molecular formula is C23H18F4N4O4S. The summed E-state index contributed by atoms with van der Waals surface area (Å²) in [6, 6.07) is 8.51. The molecule has 0 saturated carbocycles. The van der Waals surface area contributed by atoms with Crippen LogP contribution in [0.3, 0.4) is 0 Å². The Labute approximate surface area is 202 Å². The Morgan fingerprint density at radius 2 is 1.86 bits per heavy atom. The van der Waals surface area contributed by atoms with E-state index in [4.69, 9.17) is 4.74 Å². The fraction of sp³-hybridized carbons (Fsp3) is 0.174. The first-order valence-electron chi connectivity index (χ1n) is 10.4. The van der Waals surface area contributed by atoms with Gasteiger partial charge in [-0.3, -0.25) is 19.1 Å². The van der Waals surface area contributed by atoms with Gasteiger partial charge in [0.25, 0.3) is 15.6 Å². The standard InChI is InChI=1S/C23H18F4N4O4S/c1-35-20-11-14(6-7-23(25,26)27)17(24)12-19(20)31-18-4-3-16(10-15(18)2-5-22(31)32)36(33,34)30-21-13-28-8-9-29-21/h2-5,8-13H,6-7H2,1H3,(H,29,30). The Bertz CT molecular complexity index is 1590. The highest BCUT2D eigenvalue weighted by atomic mass is 32.2. The van der Waals surface area contributed by atoms with Gasteiger partial charge in [-0.15, -0.1) is 0 Å². The molecule has 0 fully saturated rings. The maximum atomic E-state index is 14.7. The lowest BCUT2D eigenvalue weighted by atomic mass is 10.1. The van der Waals surface area contributed by atoms with Crippen molar-refractivity contribution in [1.29, 1.82) is 0 Å². The van der Waals surface area contributed by atoms with Gasteiger partial charge in [-0.25, -0.2) is 17.8 Å². The van der Waals surface area contributed by atoms with E-state index in [0.29, 0.717) is 5.39 Å². The van der Waals surface area contributed by atoms with Crippen molar-refractivity contribution < 1.29 is 30.7 Å². The number of pyridine rings is 1. The van der Waals surface area contributed by atoms with Crippen molar-refractivity contribution >= 4 is 26.7 Å². The van der Waals surface area contributed by atoms with E-state index in [1.54, 1.807) is 0 Å². The Morgan fingerprint density at radius 3 is 2.53 bits per heavy atom.